The maximum atomic E-state index is 13.6. The molecule has 2 N–H and O–H groups in total. The zero-order valence-electron chi connectivity index (χ0n) is 21.5. The van der Waals surface area contributed by atoms with Gasteiger partial charge >= 0.3 is 0 Å². The molecule has 0 unspecified atom stereocenters. The van der Waals surface area contributed by atoms with E-state index in [-0.39, 0.29) is 18.4 Å². The number of nitrogens with one attached hydrogen (secondary N) is 2. The van der Waals surface area contributed by atoms with Crippen LogP contribution in [-0.2, 0) is 24.2 Å². The van der Waals surface area contributed by atoms with E-state index in [1.165, 1.54) is 18.2 Å². The van der Waals surface area contributed by atoms with Gasteiger partial charge in [0.1, 0.15) is 0 Å². The Morgan fingerprint density at radius 2 is 1.76 bits per heavy atom. The lowest BCUT2D eigenvalue weighted by Gasteiger charge is -2.25. The molecule has 0 atom stereocenters. The molecule has 0 saturated carbocycles. The van der Waals surface area contributed by atoms with E-state index in [0.717, 1.165) is 30.8 Å². The third kappa shape index (κ3) is 6.28. The van der Waals surface area contributed by atoms with Crippen LogP contribution in [0.15, 0.2) is 60.7 Å². The summed E-state index contributed by atoms with van der Waals surface area (Å²) in [5.74, 6) is 0.672. The van der Waals surface area contributed by atoms with E-state index < -0.39 is 0 Å². The van der Waals surface area contributed by atoms with Crippen molar-refractivity contribution in [3.05, 3.63) is 88.5 Å². The fourth-order valence-corrected chi connectivity index (χ4v) is 4.40. The van der Waals surface area contributed by atoms with Gasteiger partial charge in [-0.25, -0.2) is 0 Å². The molecule has 37 heavy (non-hydrogen) atoms. The number of ether oxygens (including phenoxy) is 3. The van der Waals surface area contributed by atoms with E-state index >= 15 is 0 Å². The van der Waals surface area contributed by atoms with Crippen LogP contribution in [0.3, 0.4) is 0 Å². The minimum atomic E-state index is -0.248. The highest BCUT2D eigenvalue weighted by Gasteiger charge is 2.20. The van der Waals surface area contributed by atoms with Crippen molar-refractivity contribution in [2.45, 2.75) is 19.5 Å². The lowest BCUT2D eigenvalue weighted by Crippen LogP contribution is -2.34. The van der Waals surface area contributed by atoms with Crippen LogP contribution in [0.5, 0.6) is 11.5 Å². The molecule has 0 spiro atoms. The number of nitrogens with zero attached hydrogens (tertiary/aromatic N) is 1. The molecule has 2 amide bonds. The Kier molecular flexibility index (Phi) is 8.77. The lowest BCUT2D eigenvalue weighted by atomic mass is 10.00. The number of methoxy groups -OCH3 is 3. The Hall–Kier alpha value is -3.88. The van der Waals surface area contributed by atoms with Gasteiger partial charge in [-0.1, -0.05) is 18.2 Å². The number of fused-ring (bicyclic) bond motifs is 1. The Bertz CT molecular complexity index is 1260. The number of hydrogen-bond acceptors (Lipinski definition) is 6. The Morgan fingerprint density at radius 3 is 2.54 bits per heavy atom. The van der Waals surface area contributed by atoms with Crippen LogP contribution in [0.4, 0.5) is 5.69 Å². The normalized spacial score (nSPS) is 12.4. The predicted octanol–water partition coefficient (Wildman–Crippen LogP) is 3.57. The summed E-state index contributed by atoms with van der Waals surface area (Å²) >= 11 is 0. The van der Waals surface area contributed by atoms with Gasteiger partial charge in [0, 0.05) is 43.6 Å². The van der Waals surface area contributed by atoms with Gasteiger partial charge < -0.3 is 29.7 Å². The molecule has 194 valence electrons. The molecule has 0 saturated heterocycles. The zero-order valence-corrected chi connectivity index (χ0v) is 21.5. The predicted molar refractivity (Wildman–Crippen MR) is 143 cm³/mol. The van der Waals surface area contributed by atoms with Crippen LogP contribution in [-0.4, -0.2) is 52.8 Å². The van der Waals surface area contributed by atoms with Crippen molar-refractivity contribution in [3.63, 3.8) is 0 Å². The van der Waals surface area contributed by atoms with Crippen LogP contribution in [0, 0.1) is 0 Å². The second-order valence-electron chi connectivity index (χ2n) is 8.78. The Balaban J connectivity index is 1.49. The fourth-order valence-electron chi connectivity index (χ4n) is 4.40. The molecule has 1 aliphatic heterocycles. The maximum absolute atomic E-state index is 13.6. The zero-order chi connectivity index (χ0) is 26.2. The van der Waals surface area contributed by atoms with Crippen LogP contribution in [0.2, 0.25) is 0 Å². The molecule has 0 radical (unpaired) electrons. The quantitative estimate of drug-likeness (QED) is 0.440. The van der Waals surface area contributed by atoms with Gasteiger partial charge in [-0.15, -0.1) is 0 Å². The molecular weight excluding hydrogens is 470 g/mol. The summed E-state index contributed by atoms with van der Waals surface area (Å²) in [6.07, 6.45) is 0.985. The highest BCUT2D eigenvalue weighted by Crippen LogP contribution is 2.27. The van der Waals surface area contributed by atoms with Crippen LogP contribution in [0.25, 0.3) is 0 Å². The summed E-state index contributed by atoms with van der Waals surface area (Å²) in [5, 5.41) is 6.30. The van der Waals surface area contributed by atoms with E-state index in [9.17, 15) is 9.59 Å². The van der Waals surface area contributed by atoms with Gasteiger partial charge in [0.15, 0.2) is 11.5 Å². The largest absolute Gasteiger partial charge is 0.493 e. The van der Waals surface area contributed by atoms with Crippen molar-refractivity contribution in [1.29, 1.82) is 0 Å². The van der Waals surface area contributed by atoms with E-state index in [4.69, 9.17) is 14.2 Å². The Labute approximate surface area is 217 Å². The van der Waals surface area contributed by atoms with Crippen molar-refractivity contribution < 1.29 is 23.8 Å². The third-order valence-corrected chi connectivity index (χ3v) is 6.42. The molecule has 8 heteroatoms. The highest BCUT2D eigenvalue weighted by molar-refractivity contribution is 6.06. The fraction of sp³-hybridized carbons (Fsp3) is 0.310. The number of hydrogen-bond donors (Lipinski definition) is 2. The number of anilines is 1. The molecule has 0 fully saturated rings. The summed E-state index contributed by atoms with van der Waals surface area (Å²) in [6, 6.07) is 18.5. The number of amides is 2. The van der Waals surface area contributed by atoms with Crippen molar-refractivity contribution in [3.8, 4) is 11.5 Å². The summed E-state index contributed by atoms with van der Waals surface area (Å²) < 4.78 is 15.8. The molecule has 1 aliphatic rings. The number of rotatable bonds is 10. The summed E-state index contributed by atoms with van der Waals surface area (Å²) in [4.78, 5) is 28.1. The van der Waals surface area contributed by atoms with Crippen molar-refractivity contribution >= 4 is 17.5 Å². The van der Waals surface area contributed by atoms with Gasteiger partial charge in [-0.05, 0) is 72.1 Å². The summed E-state index contributed by atoms with van der Waals surface area (Å²) in [6.45, 7) is 2.89. The number of carbonyl (C=O) groups excluding carboxylic acids is 2. The van der Waals surface area contributed by atoms with E-state index in [1.54, 1.807) is 43.4 Å². The smallest absolute Gasteiger partial charge is 0.258 e. The SMILES string of the molecule is COCCN(C(=O)c1cccc(CNC(=O)c2ccc(OC)c(OC)c2)c1)c1ccc2c(c1)CNCC2. The first-order valence-corrected chi connectivity index (χ1v) is 12.3. The van der Waals surface area contributed by atoms with E-state index in [2.05, 4.69) is 22.8 Å². The minimum absolute atomic E-state index is 0.117. The molecule has 4 rings (SSSR count). The van der Waals surface area contributed by atoms with E-state index in [1.807, 2.05) is 24.3 Å². The van der Waals surface area contributed by atoms with Gasteiger partial charge in [0.25, 0.3) is 11.8 Å². The van der Waals surface area contributed by atoms with Crippen molar-refractivity contribution in [2.24, 2.45) is 0 Å². The molecule has 8 nitrogen and oxygen atoms in total. The maximum Gasteiger partial charge on any atom is 0.258 e. The molecule has 0 aromatic heterocycles. The first kappa shape index (κ1) is 26.2. The first-order valence-electron chi connectivity index (χ1n) is 12.3. The van der Waals surface area contributed by atoms with Gasteiger partial charge in [0.05, 0.1) is 20.8 Å². The lowest BCUT2D eigenvalue weighted by molar-refractivity contribution is 0.0949. The number of benzene rings is 3. The topological polar surface area (TPSA) is 89.1 Å². The highest BCUT2D eigenvalue weighted by atomic mass is 16.5. The first-order chi connectivity index (χ1) is 18.0. The third-order valence-electron chi connectivity index (χ3n) is 6.42. The van der Waals surface area contributed by atoms with Crippen molar-refractivity contribution in [2.75, 3.05) is 45.9 Å². The molecule has 3 aromatic carbocycles. The molecular formula is C29H33N3O5. The average molecular weight is 504 g/mol. The van der Waals surface area contributed by atoms with E-state index in [0.29, 0.717) is 35.8 Å². The van der Waals surface area contributed by atoms with Crippen molar-refractivity contribution in [1.82, 2.24) is 10.6 Å². The number of carbonyl (C=O) groups is 2. The summed E-state index contributed by atoms with van der Waals surface area (Å²) in [7, 11) is 4.70. The second kappa shape index (κ2) is 12.4. The average Bonchev–Trinajstić information content (AvgIpc) is 2.95. The molecule has 1 heterocycles. The van der Waals surface area contributed by atoms with Gasteiger partial charge in [-0.2, -0.15) is 0 Å². The van der Waals surface area contributed by atoms with Gasteiger partial charge in [-0.3, -0.25) is 9.59 Å². The van der Waals surface area contributed by atoms with Gasteiger partial charge in [0.2, 0.25) is 0 Å². The Morgan fingerprint density at radius 1 is 0.919 bits per heavy atom. The molecule has 3 aromatic rings. The minimum Gasteiger partial charge on any atom is -0.493 e. The van der Waals surface area contributed by atoms with Crippen LogP contribution < -0.4 is 25.0 Å². The molecule has 0 aliphatic carbocycles. The van der Waals surface area contributed by atoms with Crippen LogP contribution >= 0.6 is 0 Å². The monoisotopic (exact) mass is 503 g/mol. The second-order valence-corrected chi connectivity index (χ2v) is 8.78. The van der Waals surface area contributed by atoms with Crippen LogP contribution in [0.1, 0.15) is 37.4 Å². The molecule has 0 bridgehead atoms. The summed E-state index contributed by atoms with van der Waals surface area (Å²) in [5.41, 5.74) is 5.19. The standard InChI is InChI=1S/C29H33N3O5/c1-35-14-13-32(25-9-7-21-11-12-30-19-24(21)16-25)29(34)23-6-4-5-20(15-23)18-31-28(33)22-8-10-26(36-2)27(17-22)37-3/h4-10,15-17,30H,11-14,18-19H2,1-3H3,(H,31,33).